The maximum atomic E-state index is 5.95. The van der Waals surface area contributed by atoms with E-state index < -0.39 is 0 Å². The molecular formula is C16H16BrCl. The van der Waals surface area contributed by atoms with Gasteiger partial charge in [0.1, 0.15) is 0 Å². The third-order valence-corrected chi connectivity index (χ3v) is 3.90. The molecule has 0 aromatic heterocycles. The van der Waals surface area contributed by atoms with Crippen molar-refractivity contribution in [3.63, 3.8) is 0 Å². The second kappa shape index (κ2) is 6.40. The summed E-state index contributed by atoms with van der Waals surface area (Å²) in [6.07, 6.45) is 2.33. The molecule has 0 radical (unpaired) electrons. The third-order valence-electron chi connectivity index (χ3n) is 3.12. The van der Waals surface area contributed by atoms with Crippen LogP contribution in [0.4, 0.5) is 0 Å². The van der Waals surface area contributed by atoms with Crippen molar-refractivity contribution in [2.45, 2.75) is 25.7 Å². The molecule has 0 N–H and O–H groups in total. The molecule has 0 aliphatic carbocycles. The summed E-state index contributed by atoms with van der Waals surface area (Å²) in [6.45, 7) is 2.22. The summed E-state index contributed by atoms with van der Waals surface area (Å²) in [6, 6.07) is 16.8. The molecule has 0 spiro atoms. The minimum Gasteiger partial charge on any atom is -0.0843 e. The SMILES string of the molecule is CCCC(c1ccc(Cl)cc1)c1ccc(Br)cc1. The predicted octanol–water partition coefficient (Wildman–Crippen LogP) is 6.03. The van der Waals surface area contributed by atoms with E-state index >= 15 is 0 Å². The van der Waals surface area contributed by atoms with Gasteiger partial charge >= 0.3 is 0 Å². The summed E-state index contributed by atoms with van der Waals surface area (Å²) in [4.78, 5) is 0. The zero-order valence-corrected chi connectivity index (χ0v) is 12.7. The lowest BCUT2D eigenvalue weighted by Crippen LogP contribution is -2.00. The first kappa shape index (κ1) is 13.6. The Morgan fingerprint density at radius 2 is 1.44 bits per heavy atom. The fraction of sp³-hybridized carbons (Fsp3) is 0.250. The van der Waals surface area contributed by atoms with Crippen molar-refractivity contribution in [1.29, 1.82) is 0 Å². The molecule has 0 amide bonds. The van der Waals surface area contributed by atoms with Crippen LogP contribution in [0.2, 0.25) is 5.02 Å². The van der Waals surface area contributed by atoms with Gasteiger partial charge in [-0.25, -0.2) is 0 Å². The van der Waals surface area contributed by atoms with Crippen LogP contribution in [0.25, 0.3) is 0 Å². The van der Waals surface area contributed by atoms with Gasteiger partial charge in [-0.05, 0) is 41.8 Å². The van der Waals surface area contributed by atoms with E-state index in [0.717, 1.165) is 15.9 Å². The molecule has 0 aliphatic rings. The van der Waals surface area contributed by atoms with Crippen LogP contribution in [0, 0.1) is 0 Å². The van der Waals surface area contributed by atoms with E-state index in [1.807, 2.05) is 12.1 Å². The van der Waals surface area contributed by atoms with Crippen molar-refractivity contribution < 1.29 is 0 Å². The van der Waals surface area contributed by atoms with Gasteiger partial charge in [-0.1, -0.05) is 65.1 Å². The number of hydrogen-bond donors (Lipinski definition) is 0. The van der Waals surface area contributed by atoms with Gasteiger partial charge < -0.3 is 0 Å². The first-order chi connectivity index (χ1) is 8.70. The van der Waals surface area contributed by atoms with Crippen LogP contribution in [0.5, 0.6) is 0 Å². The fourth-order valence-electron chi connectivity index (χ4n) is 2.20. The fourth-order valence-corrected chi connectivity index (χ4v) is 2.59. The molecular weight excluding hydrogens is 308 g/mol. The van der Waals surface area contributed by atoms with Crippen LogP contribution < -0.4 is 0 Å². The normalized spacial score (nSPS) is 12.4. The lowest BCUT2D eigenvalue weighted by molar-refractivity contribution is 0.698. The molecule has 0 fully saturated rings. The molecule has 0 aliphatic heterocycles. The maximum absolute atomic E-state index is 5.95. The van der Waals surface area contributed by atoms with Crippen LogP contribution in [0.1, 0.15) is 36.8 Å². The summed E-state index contributed by atoms with van der Waals surface area (Å²) >= 11 is 9.44. The van der Waals surface area contributed by atoms with E-state index in [9.17, 15) is 0 Å². The topological polar surface area (TPSA) is 0 Å². The summed E-state index contributed by atoms with van der Waals surface area (Å²) in [5.74, 6) is 0.459. The lowest BCUT2D eigenvalue weighted by atomic mass is 9.88. The highest BCUT2D eigenvalue weighted by atomic mass is 79.9. The van der Waals surface area contributed by atoms with Gasteiger partial charge in [0.15, 0.2) is 0 Å². The molecule has 2 aromatic carbocycles. The Bertz CT molecular complexity index is 442. The molecule has 1 unspecified atom stereocenters. The lowest BCUT2D eigenvalue weighted by Gasteiger charge is -2.17. The van der Waals surface area contributed by atoms with Gasteiger partial charge in [-0.15, -0.1) is 0 Å². The summed E-state index contributed by atoms with van der Waals surface area (Å²) in [5.41, 5.74) is 2.70. The zero-order chi connectivity index (χ0) is 13.0. The average molecular weight is 324 g/mol. The molecule has 0 heterocycles. The van der Waals surface area contributed by atoms with Crippen LogP contribution >= 0.6 is 27.5 Å². The van der Waals surface area contributed by atoms with Crippen molar-refractivity contribution in [2.75, 3.05) is 0 Å². The molecule has 0 bridgehead atoms. The Morgan fingerprint density at radius 3 is 1.94 bits per heavy atom. The van der Waals surface area contributed by atoms with E-state index in [1.54, 1.807) is 0 Å². The minimum absolute atomic E-state index is 0.459. The van der Waals surface area contributed by atoms with Crippen molar-refractivity contribution >= 4 is 27.5 Å². The molecule has 94 valence electrons. The number of rotatable bonds is 4. The second-order valence-corrected chi connectivity index (χ2v) is 5.80. The van der Waals surface area contributed by atoms with E-state index in [1.165, 1.54) is 17.5 Å². The first-order valence-corrected chi connectivity index (χ1v) is 7.38. The molecule has 2 heteroatoms. The number of benzene rings is 2. The largest absolute Gasteiger partial charge is 0.0843 e. The van der Waals surface area contributed by atoms with Crippen molar-refractivity contribution in [1.82, 2.24) is 0 Å². The van der Waals surface area contributed by atoms with Gasteiger partial charge in [0, 0.05) is 15.4 Å². The minimum atomic E-state index is 0.459. The Hall–Kier alpha value is -0.790. The Labute approximate surface area is 122 Å². The van der Waals surface area contributed by atoms with Crippen LogP contribution in [0.3, 0.4) is 0 Å². The standard InChI is InChI=1S/C16H16BrCl/c1-2-3-16(12-4-8-14(17)9-5-12)13-6-10-15(18)11-7-13/h4-11,16H,2-3H2,1H3. The Balaban J connectivity index is 2.33. The van der Waals surface area contributed by atoms with Gasteiger partial charge in [0.2, 0.25) is 0 Å². The van der Waals surface area contributed by atoms with Crippen molar-refractivity contribution in [3.05, 3.63) is 69.2 Å². The highest BCUT2D eigenvalue weighted by Gasteiger charge is 2.12. The van der Waals surface area contributed by atoms with Gasteiger partial charge in [0.25, 0.3) is 0 Å². The number of hydrogen-bond acceptors (Lipinski definition) is 0. The Morgan fingerprint density at radius 1 is 0.944 bits per heavy atom. The summed E-state index contributed by atoms with van der Waals surface area (Å²) in [7, 11) is 0. The van der Waals surface area contributed by atoms with Gasteiger partial charge in [0.05, 0.1) is 0 Å². The molecule has 0 saturated carbocycles. The molecule has 0 nitrogen and oxygen atoms in total. The molecule has 18 heavy (non-hydrogen) atoms. The van der Waals surface area contributed by atoms with Crippen LogP contribution in [0.15, 0.2) is 53.0 Å². The molecule has 1 atom stereocenters. The van der Waals surface area contributed by atoms with Crippen molar-refractivity contribution in [2.24, 2.45) is 0 Å². The smallest absolute Gasteiger partial charge is 0.0406 e. The maximum Gasteiger partial charge on any atom is 0.0406 e. The van der Waals surface area contributed by atoms with Gasteiger partial charge in [-0.3, -0.25) is 0 Å². The molecule has 0 saturated heterocycles. The molecule has 2 aromatic rings. The Kier molecular flexibility index (Phi) is 4.85. The van der Waals surface area contributed by atoms with Crippen molar-refractivity contribution in [3.8, 4) is 0 Å². The quantitative estimate of drug-likeness (QED) is 0.644. The highest BCUT2D eigenvalue weighted by Crippen LogP contribution is 2.30. The van der Waals surface area contributed by atoms with E-state index in [0.29, 0.717) is 5.92 Å². The summed E-state index contributed by atoms with van der Waals surface area (Å²) in [5, 5.41) is 0.796. The average Bonchev–Trinajstić information content (AvgIpc) is 2.39. The van der Waals surface area contributed by atoms with E-state index in [4.69, 9.17) is 11.6 Å². The monoisotopic (exact) mass is 322 g/mol. The third kappa shape index (κ3) is 3.37. The summed E-state index contributed by atoms with van der Waals surface area (Å²) < 4.78 is 1.12. The van der Waals surface area contributed by atoms with E-state index in [2.05, 4.69) is 59.3 Å². The number of halogens is 2. The van der Waals surface area contributed by atoms with Crippen LogP contribution in [-0.2, 0) is 0 Å². The first-order valence-electron chi connectivity index (χ1n) is 6.21. The molecule has 2 rings (SSSR count). The highest BCUT2D eigenvalue weighted by molar-refractivity contribution is 9.10. The zero-order valence-electron chi connectivity index (χ0n) is 10.4. The van der Waals surface area contributed by atoms with Gasteiger partial charge in [-0.2, -0.15) is 0 Å². The predicted molar refractivity (Wildman–Crippen MR) is 82.3 cm³/mol. The second-order valence-electron chi connectivity index (χ2n) is 4.44. The van der Waals surface area contributed by atoms with Crippen LogP contribution in [-0.4, -0.2) is 0 Å². The van der Waals surface area contributed by atoms with E-state index in [-0.39, 0.29) is 0 Å².